The van der Waals surface area contributed by atoms with Gasteiger partial charge in [0.05, 0.1) is 6.54 Å². The number of hydrogen-bond acceptors (Lipinski definition) is 3. The molecule has 1 unspecified atom stereocenters. The van der Waals surface area contributed by atoms with Gasteiger partial charge in [-0.25, -0.2) is 4.98 Å². The second kappa shape index (κ2) is 10.6. The highest BCUT2D eigenvalue weighted by Gasteiger charge is 2.08. The molecular weight excluding hydrogens is 366 g/mol. The molecule has 2 aromatic carbocycles. The molecule has 0 aliphatic rings. The molecule has 1 atom stereocenters. The van der Waals surface area contributed by atoms with Gasteiger partial charge in [-0.15, -0.1) is 11.8 Å². The SMILES string of the molecule is CN=C(NCc1nccn1Cc1ccccc1)NCC(C)Sc1ccccc1. The molecule has 0 bridgehead atoms. The van der Waals surface area contributed by atoms with E-state index in [-0.39, 0.29) is 0 Å². The molecule has 0 aliphatic carbocycles. The fourth-order valence-corrected chi connectivity index (χ4v) is 3.77. The molecule has 1 heterocycles. The van der Waals surface area contributed by atoms with Gasteiger partial charge in [0.15, 0.2) is 5.96 Å². The summed E-state index contributed by atoms with van der Waals surface area (Å²) in [6.07, 6.45) is 3.85. The van der Waals surface area contributed by atoms with Crippen molar-refractivity contribution in [2.24, 2.45) is 4.99 Å². The molecule has 0 saturated carbocycles. The predicted octanol–water partition coefficient (Wildman–Crippen LogP) is 3.78. The van der Waals surface area contributed by atoms with Crippen LogP contribution in [0.1, 0.15) is 18.3 Å². The lowest BCUT2D eigenvalue weighted by Gasteiger charge is -2.16. The number of nitrogens with zero attached hydrogens (tertiary/aromatic N) is 3. The third kappa shape index (κ3) is 6.16. The van der Waals surface area contributed by atoms with Gasteiger partial charge >= 0.3 is 0 Å². The molecule has 5 nitrogen and oxygen atoms in total. The van der Waals surface area contributed by atoms with E-state index in [4.69, 9.17) is 0 Å². The zero-order valence-electron chi connectivity index (χ0n) is 16.4. The summed E-state index contributed by atoms with van der Waals surface area (Å²) in [6, 6.07) is 20.9. The maximum Gasteiger partial charge on any atom is 0.191 e. The normalized spacial score (nSPS) is 12.6. The summed E-state index contributed by atoms with van der Waals surface area (Å²) in [6.45, 7) is 4.48. The number of imidazole rings is 1. The van der Waals surface area contributed by atoms with Gasteiger partial charge < -0.3 is 15.2 Å². The van der Waals surface area contributed by atoms with E-state index >= 15 is 0 Å². The Kier molecular flexibility index (Phi) is 7.55. The van der Waals surface area contributed by atoms with Crippen LogP contribution in [0.25, 0.3) is 0 Å². The van der Waals surface area contributed by atoms with Crippen LogP contribution in [0.4, 0.5) is 0 Å². The van der Waals surface area contributed by atoms with Crippen LogP contribution in [-0.2, 0) is 13.1 Å². The second-order valence-electron chi connectivity index (χ2n) is 6.51. The number of rotatable bonds is 8. The highest BCUT2D eigenvalue weighted by molar-refractivity contribution is 8.00. The average Bonchev–Trinajstić information content (AvgIpc) is 3.16. The van der Waals surface area contributed by atoms with Crippen molar-refractivity contribution in [1.82, 2.24) is 20.2 Å². The summed E-state index contributed by atoms with van der Waals surface area (Å²) >= 11 is 1.85. The van der Waals surface area contributed by atoms with Crippen LogP contribution in [0.5, 0.6) is 0 Å². The number of thioether (sulfide) groups is 1. The minimum atomic E-state index is 0.431. The van der Waals surface area contributed by atoms with Crippen molar-refractivity contribution in [3.63, 3.8) is 0 Å². The van der Waals surface area contributed by atoms with Crippen LogP contribution in [0.2, 0.25) is 0 Å². The molecule has 28 heavy (non-hydrogen) atoms. The number of aliphatic imine (C=N–C) groups is 1. The van der Waals surface area contributed by atoms with E-state index in [1.54, 1.807) is 7.05 Å². The van der Waals surface area contributed by atoms with E-state index in [0.29, 0.717) is 11.8 Å². The first-order valence-electron chi connectivity index (χ1n) is 9.44. The Balaban J connectivity index is 1.47. The minimum Gasteiger partial charge on any atom is -0.355 e. The maximum absolute atomic E-state index is 4.48. The van der Waals surface area contributed by atoms with Gasteiger partial charge in [-0.2, -0.15) is 0 Å². The van der Waals surface area contributed by atoms with Gasteiger partial charge in [-0.1, -0.05) is 55.5 Å². The third-order valence-electron chi connectivity index (χ3n) is 4.27. The smallest absolute Gasteiger partial charge is 0.191 e. The Labute approximate surface area is 171 Å². The molecule has 0 amide bonds. The summed E-state index contributed by atoms with van der Waals surface area (Å²) in [7, 11) is 1.79. The summed E-state index contributed by atoms with van der Waals surface area (Å²) in [5, 5.41) is 7.20. The maximum atomic E-state index is 4.48. The van der Waals surface area contributed by atoms with Crippen molar-refractivity contribution in [3.8, 4) is 0 Å². The van der Waals surface area contributed by atoms with Crippen LogP contribution in [0.15, 0.2) is 82.9 Å². The lowest BCUT2D eigenvalue weighted by atomic mass is 10.2. The van der Waals surface area contributed by atoms with Crippen LogP contribution in [-0.4, -0.2) is 34.4 Å². The number of nitrogens with one attached hydrogen (secondary N) is 2. The summed E-state index contributed by atoms with van der Waals surface area (Å²) < 4.78 is 2.16. The Morgan fingerprint density at radius 2 is 1.79 bits per heavy atom. The second-order valence-corrected chi connectivity index (χ2v) is 8.02. The first-order valence-corrected chi connectivity index (χ1v) is 10.3. The minimum absolute atomic E-state index is 0.431. The highest BCUT2D eigenvalue weighted by Crippen LogP contribution is 2.21. The topological polar surface area (TPSA) is 54.2 Å². The van der Waals surface area contributed by atoms with Crippen molar-refractivity contribution in [1.29, 1.82) is 0 Å². The Morgan fingerprint density at radius 3 is 2.50 bits per heavy atom. The number of hydrogen-bond donors (Lipinski definition) is 2. The molecule has 0 fully saturated rings. The van der Waals surface area contributed by atoms with Gasteiger partial charge in [0.25, 0.3) is 0 Å². The lowest BCUT2D eigenvalue weighted by molar-refractivity contribution is 0.687. The third-order valence-corrected chi connectivity index (χ3v) is 5.39. The van der Waals surface area contributed by atoms with E-state index in [1.165, 1.54) is 10.5 Å². The molecular formula is C22H27N5S. The van der Waals surface area contributed by atoms with Gasteiger partial charge in [0.1, 0.15) is 5.82 Å². The van der Waals surface area contributed by atoms with E-state index in [2.05, 4.69) is 80.6 Å². The molecule has 1 aromatic heterocycles. The molecule has 2 N–H and O–H groups in total. The first-order chi connectivity index (χ1) is 13.7. The molecule has 146 valence electrons. The molecule has 0 radical (unpaired) electrons. The van der Waals surface area contributed by atoms with Crippen LogP contribution in [0.3, 0.4) is 0 Å². The average molecular weight is 394 g/mol. The van der Waals surface area contributed by atoms with Crippen molar-refractivity contribution >= 4 is 17.7 Å². The predicted molar refractivity (Wildman–Crippen MR) is 118 cm³/mol. The first kappa shape index (κ1) is 20.0. The molecule has 3 rings (SSSR count). The van der Waals surface area contributed by atoms with Crippen LogP contribution < -0.4 is 10.6 Å². The van der Waals surface area contributed by atoms with Crippen LogP contribution >= 0.6 is 11.8 Å². The quantitative estimate of drug-likeness (QED) is 0.347. The Morgan fingerprint density at radius 1 is 1.07 bits per heavy atom. The van der Waals surface area contributed by atoms with E-state index < -0.39 is 0 Å². The standard InChI is InChI=1S/C22H27N5S/c1-18(28-20-11-7-4-8-12-20)15-25-22(23-2)26-16-21-24-13-14-27(21)17-19-9-5-3-6-10-19/h3-14,18H,15-17H2,1-2H3,(H2,23,25,26). The number of guanidine groups is 1. The van der Waals surface area contributed by atoms with Crippen molar-refractivity contribution in [2.45, 2.75) is 30.2 Å². The molecule has 0 spiro atoms. The van der Waals surface area contributed by atoms with Gasteiger partial charge in [-0.05, 0) is 17.7 Å². The fraction of sp³-hybridized carbons (Fsp3) is 0.273. The summed E-state index contributed by atoms with van der Waals surface area (Å²) in [5.41, 5.74) is 1.26. The fourth-order valence-electron chi connectivity index (χ4n) is 2.83. The van der Waals surface area contributed by atoms with E-state index in [0.717, 1.165) is 24.9 Å². The molecule has 0 aliphatic heterocycles. The van der Waals surface area contributed by atoms with Gasteiger partial charge in [0, 0.05) is 42.7 Å². The highest BCUT2D eigenvalue weighted by atomic mass is 32.2. The number of aromatic nitrogens is 2. The van der Waals surface area contributed by atoms with Crippen LogP contribution in [0, 0.1) is 0 Å². The Bertz CT molecular complexity index is 861. The van der Waals surface area contributed by atoms with Gasteiger partial charge in [0.2, 0.25) is 0 Å². The monoisotopic (exact) mass is 393 g/mol. The zero-order valence-corrected chi connectivity index (χ0v) is 17.2. The van der Waals surface area contributed by atoms with Crippen molar-refractivity contribution in [3.05, 3.63) is 84.4 Å². The van der Waals surface area contributed by atoms with E-state index in [9.17, 15) is 0 Å². The zero-order chi connectivity index (χ0) is 19.6. The lowest BCUT2D eigenvalue weighted by Crippen LogP contribution is -2.40. The van der Waals surface area contributed by atoms with Gasteiger partial charge in [-0.3, -0.25) is 4.99 Å². The number of benzene rings is 2. The molecule has 6 heteroatoms. The van der Waals surface area contributed by atoms with Crippen molar-refractivity contribution in [2.75, 3.05) is 13.6 Å². The summed E-state index contributed by atoms with van der Waals surface area (Å²) in [4.78, 5) is 10.1. The Hall–Kier alpha value is -2.73. The molecule has 0 saturated heterocycles. The van der Waals surface area contributed by atoms with E-state index in [1.807, 2.05) is 36.3 Å². The summed E-state index contributed by atoms with van der Waals surface area (Å²) in [5.74, 6) is 1.77. The molecule has 3 aromatic rings. The van der Waals surface area contributed by atoms with Crippen molar-refractivity contribution < 1.29 is 0 Å². The largest absolute Gasteiger partial charge is 0.355 e.